The van der Waals surface area contributed by atoms with Crippen LogP contribution in [-0.4, -0.2) is 43.0 Å². The van der Waals surface area contributed by atoms with Crippen molar-refractivity contribution in [2.45, 2.75) is 98.4 Å². The second kappa shape index (κ2) is 12.7. The van der Waals surface area contributed by atoms with E-state index in [-0.39, 0.29) is 0 Å². The highest BCUT2D eigenvalue weighted by atomic mass is 16.5. The Kier molecular flexibility index (Phi) is 9.64. The van der Waals surface area contributed by atoms with Crippen LogP contribution in [0.3, 0.4) is 0 Å². The molecule has 0 spiro atoms. The smallest absolute Gasteiger partial charge is 0.0645 e. The molecule has 3 nitrogen and oxygen atoms in total. The summed E-state index contributed by atoms with van der Waals surface area (Å²) >= 11 is 0. The number of nitrogens with one attached hydrogen (secondary N) is 1. The first-order chi connectivity index (χ1) is 17.9. The van der Waals surface area contributed by atoms with Gasteiger partial charge in [0.05, 0.1) is 19.3 Å². The molecule has 0 radical (unpaired) electrons. The van der Waals surface area contributed by atoms with Crippen LogP contribution in [0.1, 0.15) is 102 Å². The topological polar surface area (TPSA) is 36.3 Å². The molecule has 0 atom stereocenters. The van der Waals surface area contributed by atoms with Crippen molar-refractivity contribution in [3.05, 3.63) is 63.8 Å². The molecule has 2 saturated heterocycles. The third kappa shape index (κ3) is 6.55. The molecule has 3 fully saturated rings. The molecule has 202 valence electrons. The van der Waals surface area contributed by atoms with Crippen LogP contribution in [0.4, 0.5) is 0 Å². The molecule has 1 aromatic carbocycles. The molecule has 37 heavy (non-hydrogen) atoms. The van der Waals surface area contributed by atoms with Gasteiger partial charge >= 0.3 is 0 Å². The van der Waals surface area contributed by atoms with Crippen LogP contribution in [0, 0.1) is 24.2 Å². The predicted octanol–water partition coefficient (Wildman–Crippen LogP) is 8.50. The first kappa shape index (κ1) is 28.0. The number of rotatable bonds is 11. The minimum atomic E-state index is 0.439. The standard InChI is InChI=1S/C34H50N2O/c1-7-10-30(25(8-2)19-32(27-13-14-27)33(35)9-3)34(23(4)5)31-20-28(12-11-24(31)6)26-15-17-36(18-16-26)29-21-37-22-29/h8,11-12,19-20,23,26-27,29,35H,7,9-10,13-18,21-22H2,1-6H3/b25-8+,32-19-,34-30+,35-33?. The summed E-state index contributed by atoms with van der Waals surface area (Å²) in [5.74, 6) is 1.68. The molecule has 3 heteroatoms. The van der Waals surface area contributed by atoms with Crippen LogP contribution in [0.5, 0.6) is 0 Å². The maximum Gasteiger partial charge on any atom is 0.0645 e. The molecular formula is C34H50N2O. The van der Waals surface area contributed by atoms with Crippen LogP contribution in [0.15, 0.2) is 47.1 Å². The van der Waals surface area contributed by atoms with Crippen molar-refractivity contribution in [2.24, 2.45) is 11.8 Å². The first-order valence-corrected chi connectivity index (χ1v) is 15.0. The van der Waals surface area contributed by atoms with Crippen molar-refractivity contribution in [1.82, 2.24) is 4.90 Å². The molecule has 1 aromatic rings. The van der Waals surface area contributed by atoms with E-state index in [0.29, 0.717) is 23.8 Å². The summed E-state index contributed by atoms with van der Waals surface area (Å²) in [6.07, 6.45) is 12.7. The molecule has 0 amide bonds. The van der Waals surface area contributed by atoms with Gasteiger partial charge in [0.1, 0.15) is 0 Å². The fourth-order valence-electron chi connectivity index (χ4n) is 6.28. The van der Waals surface area contributed by atoms with E-state index in [1.807, 2.05) is 0 Å². The summed E-state index contributed by atoms with van der Waals surface area (Å²) < 4.78 is 5.44. The Hall–Kier alpha value is -1.97. The van der Waals surface area contributed by atoms with Crippen LogP contribution in [-0.2, 0) is 4.74 Å². The zero-order chi connectivity index (χ0) is 26.5. The maximum absolute atomic E-state index is 8.64. The summed E-state index contributed by atoms with van der Waals surface area (Å²) in [6, 6.07) is 7.97. The third-order valence-corrected chi connectivity index (χ3v) is 8.78. The highest BCUT2D eigenvalue weighted by Crippen LogP contribution is 2.41. The third-order valence-electron chi connectivity index (χ3n) is 8.78. The Bertz CT molecular complexity index is 1040. The molecule has 4 rings (SSSR count). The van der Waals surface area contributed by atoms with E-state index in [4.69, 9.17) is 10.1 Å². The van der Waals surface area contributed by atoms with Gasteiger partial charge in [-0.05, 0) is 128 Å². The van der Waals surface area contributed by atoms with E-state index >= 15 is 0 Å². The Morgan fingerprint density at radius 2 is 1.81 bits per heavy atom. The fraction of sp³-hybridized carbons (Fsp3) is 0.618. The van der Waals surface area contributed by atoms with E-state index in [0.717, 1.165) is 38.2 Å². The number of aryl methyl sites for hydroxylation is 1. The van der Waals surface area contributed by atoms with Gasteiger partial charge in [-0.25, -0.2) is 0 Å². The number of hydrogen-bond donors (Lipinski definition) is 1. The SMILES string of the molecule is C/C=C(\C=C(/C(=N)CC)C1CC1)C(/CCC)=C(/c1cc(C2CCN(C3COC3)CC2)ccc1C)C(C)C. The number of piperidine rings is 1. The monoisotopic (exact) mass is 502 g/mol. The number of ether oxygens (including phenoxy) is 1. The average molecular weight is 503 g/mol. The Labute approximate surface area is 226 Å². The maximum atomic E-state index is 8.64. The number of likely N-dealkylation sites (tertiary alicyclic amines) is 1. The number of allylic oxidation sites excluding steroid dienone is 6. The van der Waals surface area contributed by atoms with Gasteiger partial charge in [0.25, 0.3) is 0 Å². The highest BCUT2D eigenvalue weighted by molar-refractivity contribution is 5.99. The zero-order valence-electron chi connectivity index (χ0n) is 24.3. The molecule has 1 N–H and O–H groups in total. The number of hydrogen-bond acceptors (Lipinski definition) is 3. The minimum absolute atomic E-state index is 0.439. The fourth-order valence-corrected chi connectivity index (χ4v) is 6.28. The molecular weight excluding hydrogens is 452 g/mol. The van der Waals surface area contributed by atoms with Crippen molar-refractivity contribution < 1.29 is 4.74 Å². The summed E-state index contributed by atoms with van der Waals surface area (Å²) in [5.41, 5.74) is 10.8. The second-order valence-corrected chi connectivity index (χ2v) is 11.8. The van der Waals surface area contributed by atoms with Crippen molar-refractivity contribution in [2.75, 3.05) is 26.3 Å². The van der Waals surface area contributed by atoms with Crippen LogP contribution in [0.2, 0.25) is 0 Å². The summed E-state index contributed by atoms with van der Waals surface area (Å²) in [4.78, 5) is 2.64. The van der Waals surface area contributed by atoms with Gasteiger partial charge < -0.3 is 10.1 Å². The van der Waals surface area contributed by atoms with Crippen molar-refractivity contribution in [3.8, 4) is 0 Å². The lowest BCUT2D eigenvalue weighted by Crippen LogP contribution is -2.51. The molecule has 0 bridgehead atoms. The van der Waals surface area contributed by atoms with E-state index in [1.165, 1.54) is 77.8 Å². The minimum Gasteiger partial charge on any atom is -0.378 e. The Morgan fingerprint density at radius 3 is 2.32 bits per heavy atom. The summed E-state index contributed by atoms with van der Waals surface area (Å²) in [5, 5.41) is 8.64. The van der Waals surface area contributed by atoms with E-state index in [1.54, 1.807) is 0 Å². The van der Waals surface area contributed by atoms with Gasteiger partial charge in [0.2, 0.25) is 0 Å². The van der Waals surface area contributed by atoms with Gasteiger partial charge in [0, 0.05) is 5.71 Å². The van der Waals surface area contributed by atoms with Gasteiger partial charge in [-0.3, -0.25) is 4.90 Å². The molecule has 0 aromatic heterocycles. The Morgan fingerprint density at radius 1 is 1.11 bits per heavy atom. The second-order valence-electron chi connectivity index (χ2n) is 11.8. The first-order valence-electron chi connectivity index (χ1n) is 15.0. The summed E-state index contributed by atoms with van der Waals surface area (Å²) in [6.45, 7) is 17.8. The quantitative estimate of drug-likeness (QED) is 0.243. The van der Waals surface area contributed by atoms with Crippen LogP contribution >= 0.6 is 0 Å². The highest BCUT2D eigenvalue weighted by Gasteiger charge is 2.31. The predicted molar refractivity (Wildman–Crippen MR) is 159 cm³/mol. The van der Waals surface area contributed by atoms with Crippen molar-refractivity contribution in [1.29, 1.82) is 5.41 Å². The molecule has 3 aliphatic rings. The normalized spacial score (nSPS) is 21.3. The average Bonchev–Trinajstić information content (AvgIpc) is 3.70. The van der Waals surface area contributed by atoms with Crippen molar-refractivity contribution >= 4 is 11.3 Å². The van der Waals surface area contributed by atoms with Gasteiger partial charge in [-0.1, -0.05) is 58.4 Å². The molecule has 1 aliphatic carbocycles. The Balaban J connectivity index is 1.70. The molecule has 2 aliphatic heterocycles. The number of benzene rings is 1. The molecule has 0 unspecified atom stereocenters. The van der Waals surface area contributed by atoms with Gasteiger partial charge in [-0.15, -0.1) is 0 Å². The molecule has 2 heterocycles. The molecule has 1 saturated carbocycles. The lowest BCUT2D eigenvalue weighted by Gasteiger charge is -2.41. The van der Waals surface area contributed by atoms with Crippen LogP contribution in [0.25, 0.3) is 5.57 Å². The van der Waals surface area contributed by atoms with Crippen LogP contribution < -0.4 is 0 Å². The van der Waals surface area contributed by atoms with Gasteiger partial charge in [-0.2, -0.15) is 0 Å². The number of nitrogens with zero attached hydrogens (tertiary/aromatic N) is 1. The largest absolute Gasteiger partial charge is 0.378 e. The van der Waals surface area contributed by atoms with Crippen molar-refractivity contribution in [3.63, 3.8) is 0 Å². The van der Waals surface area contributed by atoms with E-state index in [9.17, 15) is 0 Å². The van der Waals surface area contributed by atoms with E-state index in [2.05, 4.69) is 76.8 Å². The zero-order valence-corrected chi connectivity index (χ0v) is 24.3. The van der Waals surface area contributed by atoms with Gasteiger partial charge in [0.15, 0.2) is 0 Å². The lowest BCUT2D eigenvalue weighted by atomic mass is 9.80. The van der Waals surface area contributed by atoms with E-state index < -0.39 is 0 Å². The summed E-state index contributed by atoms with van der Waals surface area (Å²) in [7, 11) is 0. The lowest BCUT2D eigenvalue weighted by molar-refractivity contribution is -0.0712.